The average Bonchev–Trinajstić information content (AvgIpc) is 2.75. The molecule has 0 aliphatic carbocycles. The normalized spacial score (nSPS) is 18.0. The summed E-state index contributed by atoms with van der Waals surface area (Å²) in [4.78, 5) is 14.0. The predicted octanol–water partition coefficient (Wildman–Crippen LogP) is 4.22. The van der Waals surface area contributed by atoms with Crippen LogP contribution in [0.4, 0.5) is 0 Å². The lowest BCUT2D eigenvalue weighted by molar-refractivity contribution is -0.143. The number of hydrogen-bond acceptors (Lipinski definition) is 5. The number of likely N-dealkylation sites (tertiary alicyclic amines) is 1. The lowest BCUT2D eigenvalue weighted by atomic mass is 9.88. The van der Waals surface area contributed by atoms with Gasteiger partial charge in [-0.3, -0.25) is 9.69 Å². The zero-order chi connectivity index (χ0) is 21.8. The lowest BCUT2D eigenvalue weighted by Crippen LogP contribution is -2.41. The molecule has 1 aliphatic heterocycles. The van der Waals surface area contributed by atoms with E-state index in [1.54, 1.807) is 21.3 Å². The molecule has 30 heavy (non-hydrogen) atoms. The van der Waals surface area contributed by atoms with E-state index in [-0.39, 0.29) is 12.0 Å². The highest BCUT2D eigenvalue weighted by molar-refractivity contribution is 5.70. The maximum absolute atomic E-state index is 11.7. The summed E-state index contributed by atoms with van der Waals surface area (Å²) in [6, 6.07) is 10.2. The Labute approximate surface area is 178 Å². The van der Waals surface area contributed by atoms with Crippen molar-refractivity contribution in [2.24, 2.45) is 5.92 Å². The predicted molar refractivity (Wildman–Crippen MR) is 116 cm³/mol. The van der Waals surface area contributed by atoms with Crippen LogP contribution in [-0.4, -0.2) is 50.4 Å². The summed E-state index contributed by atoms with van der Waals surface area (Å²) in [5, 5.41) is 9.63. The van der Waals surface area contributed by atoms with Gasteiger partial charge >= 0.3 is 5.97 Å². The fourth-order valence-electron chi connectivity index (χ4n) is 4.34. The van der Waals surface area contributed by atoms with Gasteiger partial charge < -0.3 is 19.3 Å². The Hall–Kier alpha value is -2.73. The van der Waals surface area contributed by atoms with Gasteiger partial charge in [0.15, 0.2) is 11.5 Å². The number of nitrogens with zero attached hydrogens (tertiary/aromatic N) is 1. The van der Waals surface area contributed by atoms with Gasteiger partial charge in [0.1, 0.15) is 0 Å². The standard InChI is InChI=1S/C24H31NO5/c1-15-8-9-16(2)19(11-15)22(25-10-6-7-17(14-25)24(26)27)18-12-20(28-3)23(30-5)21(13-18)29-4/h8-9,11-13,17,22H,6-7,10,14H2,1-5H3,(H,26,27). The van der Waals surface area contributed by atoms with E-state index in [0.29, 0.717) is 30.2 Å². The number of aryl methyl sites for hydroxylation is 2. The Kier molecular flexibility index (Phi) is 6.87. The number of benzene rings is 2. The third-order valence-electron chi connectivity index (χ3n) is 5.90. The van der Waals surface area contributed by atoms with Crippen molar-refractivity contribution in [3.63, 3.8) is 0 Å². The van der Waals surface area contributed by atoms with Crippen LogP contribution in [-0.2, 0) is 4.79 Å². The summed E-state index contributed by atoms with van der Waals surface area (Å²) in [6.07, 6.45) is 1.56. The van der Waals surface area contributed by atoms with Crippen LogP contribution in [0.1, 0.15) is 41.1 Å². The number of piperidine rings is 1. The van der Waals surface area contributed by atoms with Gasteiger partial charge in [0.05, 0.1) is 33.3 Å². The van der Waals surface area contributed by atoms with Gasteiger partial charge in [-0.2, -0.15) is 0 Å². The van der Waals surface area contributed by atoms with Gasteiger partial charge in [-0.15, -0.1) is 0 Å². The van der Waals surface area contributed by atoms with Crippen LogP contribution in [0.5, 0.6) is 17.2 Å². The highest BCUT2D eigenvalue weighted by Gasteiger charge is 2.33. The molecule has 1 heterocycles. The fourth-order valence-corrected chi connectivity index (χ4v) is 4.34. The van der Waals surface area contributed by atoms with Crippen molar-refractivity contribution in [1.82, 2.24) is 4.90 Å². The molecule has 0 spiro atoms. The summed E-state index contributed by atoms with van der Waals surface area (Å²) >= 11 is 0. The molecule has 1 saturated heterocycles. The first-order chi connectivity index (χ1) is 14.4. The second kappa shape index (κ2) is 9.39. The molecule has 6 nitrogen and oxygen atoms in total. The van der Waals surface area contributed by atoms with E-state index in [4.69, 9.17) is 14.2 Å². The summed E-state index contributed by atoms with van der Waals surface area (Å²) in [5.74, 6) is 0.631. The highest BCUT2D eigenvalue weighted by atomic mass is 16.5. The molecule has 2 aromatic rings. The molecule has 0 saturated carbocycles. The van der Waals surface area contributed by atoms with Gasteiger partial charge in [-0.25, -0.2) is 0 Å². The molecule has 1 aliphatic rings. The highest BCUT2D eigenvalue weighted by Crippen LogP contribution is 2.43. The SMILES string of the molecule is COc1cc(C(c2cc(C)ccc2C)N2CCCC(C(=O)O)C2)cc(OC)c1OC. The number of carbonyl (C=O) groups is 1. The number of hydrogen-bond donors (Lipinski definition) is 1. The van der Waals surface area contributed by atoms with Crippen LogP contribution in [0.2, 0.25) is 0 Å². The minimum atomic E-state index is -0.732. The van der Waals surface area contributed by atoms with Crippen LogP contribution >= 0.6 is 0 Å². The maximum Gasteiger partial charge on any atom is 0.307 e. The summed E-state index contributed by atoms with van der Waals surface area (Å²) in [5.41, 5.74) is 4.48. The molecular formula is C24H31NO5. The monoisotopic (exact) mass is 413 g/mol. The quantitative estimate of drug-likeness (QED) is 0.733. The molecule has 1 N–H and O–H groups in total. The van der Waals surface area contributed by atoms with Crippen LogP contribution in [0.15, 0.2) is 30.3 Å². The Balaban J connectivity index is 2.17. The summed E-state index contributed by atoms with van der Waals surface area (Å²) in [6.45, 7) is 5.51. The molecule has 0 bridgehead atoms. The third kappa shape index (κ3) is 4.38. The molecule has 1 fully saturated rings. The molecular weight excluding hydrogens is 382 g/mol. The molecule has 2 aromatic carbocycles. The largest absolute Gasteiger partial charge is 0.493 e. The van der Waals surface area contributed by atoms with Crippen LogP contribution in [0.25, 0.3) is 0 Å². The Morgan fingerprint density at radius 2 is 1.73 bits per heavy atom. The van der Waals surface area contributed by atoms with E-state index < -0.39 is 5.97 Å². The second-order valence-electron chi connectivity index (χ2n) is 7.89. The van der Waals surface area contributed by atoms with Gasteiger partial charge in [-0.05, 0) is 62.1 Å². The molecule has 2 unspecified atom stereocenters. The Bertz CT molecular complexity index is 885. The summed E-state index contributed by atoms with van der Waals surface area (Å²) < 4.78 is 16.7. The van der Waals surface area contributed by atoms with Crippen molar-refractivity contribution in [2.75, 3.05) is 34.4 Å². The topological polar surface area (TPSA) is 68.2 Å². The zero-order valence-electron chi connectivity index (χ0n) is 18.4. The third-order valence-corrected chi connectivity index (χ3v) is 5.90. The van der Waals surface area contributed by atoms with Crippen molar-refractivity contribution in [2.45, 2.75) is 32.7 Å². The van der Waals surface area contributed by atoms with Crippen LogP contribution < -0.4 is 14.2 Å². The minimum absolute atomic E-state index is 0.110. The van der Waals surface area contributed by atoms with Crippen molar-refractivity contribution >= 4 is 5.97 Å². The first kappa shape index (κ1) is 22.0. The van der Waals surface area contributed by atoms with Crippen LogP contribution in [0.3, 0.4) is 0 Å². The Morgan fingerprint density at radius 3 is 2.30 bits per heavy atom. The zero-order valence-corrected chi connectivity index (χ0v) is 18.4. The summed E-state index contributed by atoms with van der Waals surface area (Å²) in [7, 11) is 4.80. The molecule has 0 radical (unpaired) electrons. The van der Waals surface area contributed by atoms with Gasteiger partial charge in [0.25, 0.3) is 0 Å². The van der Waals surface area contributed by atoms with Gasteiger partial charge in [-0.1, -0.05) is 23.8 Å². The van der Waals surface area contributed by atoms with E-state index in [1.807, 2.05) is 12.1 Å². The van der Waals surface area contributed by atoms with Crippen molar-refractivity contribution in [1.29, 1.82) is 0 Å². The van der Waals surface area contributed by atoms with Crippen molar-refractivity contribution in [3.05, 3.63) is 52.6 Å². The Morgan fingerprint density at radius 1 is 1.07 bits per heavy atom. The average molecular weight is 414 g/mol. The fraction of sp³-hybridized carbons (Fsp3) is 0.458. The van der Waals surface area contributed by atoms with Crippen LogP contribution in [0, 0.1) is 19.8 Å². The van der Waals surface area contributed by atoms with E-state index in [0.717, 1.165) is 29.7 Å². The van der Waals surface area contributed by atoms with Gasteiger partial charge in [0.2, 0.25) is 5.75 Å². The number of methoxy groups -OCH3 is 3. The first-order valence-corrected chi connectivity index (χ1v) is 10.2. The van der Waals surface area contributed by atoms with E-state index in [9.17, 15) is 9.90 Å². The first-order valence-electron chi connectivity index (χ1n) is 10.2. The number of aliphatic carboxylic acids is 1. The van der Waals surface area contributed by atoms with Crippen molar-refractivity contribution < 1.29 is 24.1 Å². The smallest absolute Gasteiger partial charge is 0.307 e. The molecule has 162 valence electrons. The second-order valence-corrected chi connectivity index (χ2v) is 7.89. The molecule has 2 atom stereocenters. The number of carboxylic acid groups (broad SMARTS) is 1. The van der Waals surface area contributed by atoms with E-state index in [2.05, 4.69) is 36.9 Å². The van der Waals surface area contributed by atoms with E-state index >= 15 is 0 Å². The number of rotatable bonds is 7. The van der Waals surface area contributed by atoms with Crippen molar-refractivity contribution in [3.8, 4) is 17.2 Å². The lowest BCUT2D eigenvalue weighted by Gasteiger charge is -2.38. The number of carboxylic acids is 1. The maximum atomic E-state index is 11.7. The molecule has 6 heteroatoms. The molecule has 0 amide bonds. The minimum Gasteiger partial charge on any atom is -0.493 e. The number of ether oxygens (including phenoxy) is 3. The molecule has 0 aromatic heterocycles. The van der Waals surface area contributed by atoms with Gasteiger partial charge in [0, 0.05) is 6.54 Å². The van der Waals surface area contributed by atoms with E-state index in [1.165, 1.54) is 5.56 Å². The molecule has 3 rings (SSSR count).